The molecule has 0 aliphatic carbocycles. The molecule has 0 spiro atoms. The maximum Gasteiger partial charge on any atom is 0.133 e. The summed E-state index contributed by atoms with van der Waals surface area (Å²) in [6.07, 6.45) is 3.18. The Morgan fingerprint density at radius 1 is 1.07 bits per heavy atom. The number of anilines is 1. The van der Waals surface area contributed by atoms with E-state index in [9.17, 15) is 0 Å². The summed E-state index contributed by atoms with van der Waals surface area (Å²) >= 11 is 12.6. The smallest absolute Gasteiger partial charge is 0.133 e. The Labute approximate surface area is 169 Å². The second kappa shape index (κ2) is 7.45. The van der Waals surface area contributed by atoms with Crippen LogP contribution in [0, 0.1) is 6.92 Å². The Kier molecular flexibility index (Phi) is 5.02. The molecule has 0 amide bonds. The lowest BCUT2D eigenvalue weighted by atomic mass is 10.0. The van der Waals surface area contributed by atoms with Gasteiger partial charge in [-0.15, -0.1) is 0 Å². The van der Waals surface area contributed by atoms with Gasteiger partial charge in [0.15, 0.2) is 0 Å². The Bertz CT molecular complexity index is 997. The van der Waals surface area contributed by atoms with E-state index < -0.39 is 0 Å². The van der Waals surface area contributed by atoms with Crippen molar-refractivity contribution in [2.24, 2.45) is 0 Å². The fraction of sp³-hybridized carbons (Fsp3) is 0.286. The van der Waals surface area contributed by atoms with Crippen LogP contribution in [0.4, 0.5) is 5.82 Å². The molecule has 1 aromatic heterocycles. The van der Waals surface area contributed by atoms with E-state index in [1.807, 2.05) is 41.1 Å². The monoisotopic (exact) mass is 401 g/mol. The van der Waals surface area contributed by atoms with Gasteiger partial charge in [-0.1, -0.05) is 29.3 Å². The van der Waals surface area contributed by atoms with Gasteiger partial charge in [0.05, 0.1) is 12.8 Å². The summed E-state index contributed by atoms with van der Waals surface area (Å²) in [4.78, 5) is 0. The molecule has 0 saturated heterocycles. The van der Waals surface area contributed by atoms with Crippen LogP contribution < -0.4 is 10.1 Å². The van der Waals surface area contributed by atoms with Crippen LogP contribution in [0.3, 0.4) is 0 Å². The summed E-state index contributed by atoms with van der Waals surface area (Å²) in [5, 5.41) is 9.90. The minimum atomic E-state index is 0.662. The second-order valence-electron chi connectivity index (χ2n) is 6.75. The SMILES string of the molecule is COc1ccc(Cl)cc1-c1nn(-c2cc(Cl)ccc2C)c2c1CCCCN2. The van der Waals surface area contributed by atoms with E-state index in [-0.39, 0.29) is 0 Å². The Hall–Kier alpha value is -2.17. The van der Waals surface area contributed by atoms with Crippen LogP contribution in [0.5, 0.6) is 5.75 Å². The fourth-order valence-electron chi connectivity index (χ4n) is 3.57. The van der Waals surface area contributed by atoms with Gasteiger partial charge in [-0.05, 0) is 62.1 Å². The molecule has 3 aromatic rings. The topological polar surface area (TPSA) is 39.1 Å². The van der Waals surface area contributed by atoms with Crippen LogP contribution in [0.2, 0.25) is 10.0 Å². The minimum Gasteiger partial charge on any atom is -0.496 e. The lowest BCUT2D eigenvalue weighted by Gasteiger charge is -2.12. The summed E-state index contributed by atoms with van der Waals surface area (Å²) in [5.74, 6) is 1.79. The van der Waals surface area contributed by atoms with Crippen molar-refractivity contribution in [2.75, 3.05) is 19.0 Å². The molecule has 1 aliphatic heterocycles. The van der Waals surface area contributed by atoms with Crippen LogP contribution in [0.25, 0.3) is 16.9 Å². The normalized spacial score (nSPS) is 13.6. The molecule has 140 valence electrons. The van der Waals surface area contributed by atoms with E-state index in [4.69, 9.17) is 33.0 Å². The lowest BCUT2D eigenvalue weighted by molar-refractivity contribution is 0.416. The van der Waals surface area contributed by atoms with E-state index in [0.717, 1.165) is 59.9 Å². The number of fused-ring (bicyclic) bond motifs is 1. The van der Waals surface area contributed by atoms with Gasteiger partial charge >= 0.3 is 0 Å². The quantitative estimate of drug-likeness (QED) is 0.592. The summed E-state index contributed by atoms with van der Waals surface area (Å²) in [7, 11) is 1.67. The number of nitrogens with one attached hydrogen (secondary N) is 1. The average molecular weight is 402 g/mol. The van der Waals surface area contributed by atoms with Crippen LogP contribution in [0.15, 0.2) is 36.4 Å². The molecule has 2 heterocycles. The van der Waals surface area contributed by atoms with Crippen molar-refractivity contribution < 1.29 is 4.74 Å². The second-order valence-corrected chi connectivity index (χ2v) is 7.62. The summed E-state index contributed by atoms with van der Waals surface area (Å²) in [5.41, 5.74) is 5.08. The van der Waals surface area contributed by atoms with Gasteiger partial charge < -0.3 is 10.1 Å². The maximum atomic E-state index is 6.29. The van der Waals surface area contributed by atoms with Crippen LogP contribution >= 0.6 is 23.2 Å². The van der Waals surface area contributed by atoms with Crippen LogP contribution in [-0.2, 0) is 6.42 Å². The number of methoxy groups -OCH3 is 1. The van der Waals surface area contributed by atoms with E-state index in [0.29, 0.717) is 10.0 Å². The molecule has 1 N–H and O–H groups in total. The molecule has 0 bridgehead atoms. The number of hydrogen-bond acceptors (Lipinski definition) is 3. The number of nitrogens with zero attached hydrogens (tertiary/aromatic N) is 2. The molecular weight excluding hydrogens is 381 g/mol. The van der Waals surface area contributed by atoms with Crippen molar-refractivity contribution in [3.63, 3.8) is 0 Å². The molecule has 6 heteroatoms. The third-order valence-electron chi connectivity index (χ3n) is 4.95. The molecule has 0 saturated carbocycles. The zero-order valence-electron chi connectivity index (χ0n) is 15.4. The first-order valence-electron chi connectivity index (χ1n) is 9.04. The molecule has 2 aromatic carbocycles. The number of aryl methyl sites for hydroxylation is 1. The lowest BCUT2D eigenvalue weighted by Crippen LogP contribution is -2.08. The molecule has 1 aliphatic rings. The predicted molar refractivity (Wildman–Crippen MR) is 112 cm³/mol. The number of aromatic nitrogens is 2. The van der Waals surface area contributed by atoms with Crippen molar-refractivity contribution in [3.8, 4) is 22.7 Å². The van der Waals surface area contributed by atoms with Crippen LogP contribution in [0.1, 0.15) is 24.0 Å². The number of hydrogen-bond donors (Lipinski definition) is 1. The maximum absolute atomic E-state index is 6.29. The minimum absolute atomic E-state index is 0.662. The number of benzene rings is 2. The first-order valence-corrected chi connectivity index (χ1v) is 9.80. The molecule has 0 unspecified atom stereocenters. The molecule has 4 nitrogen and oxygen atoms in total. The zero-order valence-corrected chi connectivity index (χ0v) is 16.9. The standard InChI is InChI=1S/C21H21Cl2N3O/c1-13-6-7-15(23)12-18(13)26-21-16(5-3-4-10-24-21)20(25-26)17-11-14(22)8-9-19(17)27-2/h6-9,11-12,24H,3-5,10H2,1-2H3. The largest absolute Gasteiger partial charge is 0.496 e. The highest BCUT2D eigenvalue weighted by atomic mass is 35.5. The third-order valence-corrected chi connectivity index (χ3v) is 5.42. The summed E-state index contributed by atoms with van der Waals surface area (Å²) < 4.78 is 7.56. The van der Waals surface area contributed by atoms with E-state index in [1.54, 1.807) is 7.11 Å². The van der Waals surface area contributed by atoms with E-state index in [2.05, 4.69) is 12.2 Å². The number of halogens is 2. The summed E-state index contributed by atoms with van der Waals surface area (Å²) in [6.45, 7) is 2.99. The Balaban J connectivity index is 1.98. The molecule has 4 rings (SSSR count). The predicted octanol–water partition coefficient (Wildman–Crippen LogP) is 5.91. The van der Waals surface area contributed by atoms with Crippen molar-refractivity contribution in [3.05, 3.63) is 57.6 Å². The van der Waals surface area contributed by atoms with Crippen molar-refractivity contribution in [2.45, 2.75) is 26.2 Å². The van der Waals surface area contributed by atoms with Crippen LogP contribution in [-0.4, -0.2) is 23.4 Å². The van der Waals surface area contributed by atoms with Gasteiger partial charge in [0, 0.05) is 27.7 Å². The van der Waals surface area contributed by atoms with E-state index >= 15 is 0 Å². The Morgan fingerprint density at radius 3 is 2.67 bits per heavy atom. The highest BCUT2D eigenvalue weighted by Crippen LogP contribution is 2.39. The zero-order chi connectivity index (χ0) is 19.0. The number of ether oxygens (including phenoxy) is 1. The molecule has 0 radical (unpaired) electrons. The highest BCUT2D eigenvalue weighted by molar-refractivity contribution is 6.31. The van der Waals surface area contributed by atoms with Gasteiger partial charge in [-0.25, -0.2) is 4.68 Å². The fourth-order valence-corrected chi connectivity index (χ4v) is 3.91. The van der Waals surface area contributed by atoms with Crippen molar-refractivity contribution in [1.82, 2.24) is 9.78 Å². The van der Waals surface area contributed by atoms with E-state index in [1.165, 1.54) is 5.56 Å². The third kappa shape index (κ3) is 3.40. The molecule has 0 fully saturated rings. The van der Waals surface area contributed by atoms with Crippen molar-refractivity contribution in [1.29, 1.82) is 0 Å². The van der Waals surface area contributed by atoms with Gasteiger partial charge in [0.2, 0.25) is 0 Å². The van der Waals surface area contributed by atoms with Gasteiger partial charge in [-0.3, -0.25) is 0 Å². The average Bonchev–Trinajstić information content (AvgIpc) is 2.84. The summed E-state index contributed by atoms with van der Waals surface area (Å²) in [6, 6.07) is 11.5. The first-order chi connectivity index (χ1) is 13.1. The number of rotatable bonds is 3. The Morgan fingerprint density at radius 2 is 1.85 bits per heavy atom. The van der Waals surface area contributed by atoms with Crippen molar-refractivity contribution >= 4 is 29.0 Å². The molecule has 0 atom stereocenters. The molecular formula is C21H21Cl2N3O. The van der Waals surface area contributed by atoms with Gasteiger partial charge in [0.1, 0.15) is 17.3 Å². The molecule has 27 heavy (non-hydrogen) atoms. The highest BCUT2D eigenvalue weighted by Gasteiger charge is 2.24. The van der Waals surface area contributed by atoms with Gasteiger partial charge in [-0.2, -0.15) is 5.10 Å². The first kappa shape index (κ1) is 18.2. The van der Waals surface area contributed by atoms with Gasteiger partial charge in [0.25, 0.3) is 0 Å².